The second-order valence-corrected chi connectivity index (χ2v) is 17.7. The van der Waals surface area contributed by atoms with Crippen molar-refractivity contribution in [1.82, 2.24) is 5.32 Å². The van der Waals surface area contributed by atoms with Crippen molar-refractivity contribution in [2.24, 2.45) is 9.98 Å². The summed E-state index contributed by atoms with van der Waals surface area (Å²) in [5.41, 5.74) is 20.8. The van der Waals surface area contributed by atoms with Crippen molar-refractivity contribution in [3.63, 3.8) is 0 Å². The Kier molecular flexibility index (Phi) is 9.43. The van der Waals surface area contributed by atoms with Crippen molar-refractivity contribution < 1.29 is 0 Å². The molecule has 0 aromatic heterocycles. The largest absolute Gasteiger partial charge is 0.324 e. The molecule has 0 bridgehead atoms. The summed E-state index contributed by atoms with van der Waals surface area (Å²) < 4.78 is 0. The average molecular weight is 869 g/mol. The maximum absolute atomic E-state index is 5.23. The molecule has 320 valence electrons. The van der Waals surface area contributed by atoms with Crippen molar-refractivity contribution in [2.45, 2.75) is 11.6 Å². The first-order chi connectivity index (χ1) is 33.7. The number of aliphatic imine (C=N–C) groups is 2. The summed E-state index contributed by atoms with van der Waals surface area (Å²) in [5.74, 6) is 1.60. The van der Waals surface area contributed by atoms with Gasteiger partial charge in [-0.2, -0.15) is 0 Å². The van der Waals surface area contributed by atoms with Crippen LogP contribution in [0.25, 0.3) is 44.5 Å². The van der Waals surface area contributed by atoms with Gasteiger partial charge in [-0.3, -0.25) is 0 Å². The second-order valence-electron chi connectivity index (χ2n) is 17.7. The Balaban J connectivity index is 0.900. The van der Waals surface area contributed by atoms with Crippen LogP contribution in [0.1, 0.15) is 45.1 Å². The summed E-state index contributed by atoms with van der Waals surface area (Å²) in [5, 5.41) is 3.57. The molecule has 1 spiro atoms. The molecule has 10 aromatic rings. The number of benzene rings is 10. The lowest BCUT2D eigenvalue weighted by molar-refractivity contribution is 0.753. The number of anilines is 3. The lowest BCUT2D eigenvalue weighted by Crippen LogP contribution is -2.36. The molecule has 0 saturated heterocycles. The van der Waals surface area contributed by atoms with E-state index in [0.717, 1.165) is 39.6 Å². The van der Waals surface area contributed by atoms with E-state index in [4.69, 9.17) is 9.98 Å². The molecule has 13 rings (SSSR count). The van der Waals surface area contributed by atoms with E-state index in [9.17, 15) is 0 Å². The first-order valence-electron chi connectivity index (χ1n) is 23.3. The molecule has 1 atom stereocenters. The smallest absolute Gasteiger partial charge is 0.169 e. The molecule has 0 fully saturated rings. The Morgan fingerprint density at radius 1 is 0.324 bits per heavy atom. The minimum Gasteiger partial charge on any atom is -0.324 e. The average Bonchev–Trinajstić information content (AvgIpc) is 3.71. The van der Waals surface area contributed by atoms with E-state index in [1.165, 1.54) is 72.6 Å². The van der Waals surface area contributed by atoms with E-state index in [1.807, 2.05) is 24.3 Å². The van der Waals surface area contributed by atoms with Crippen LogP contribution in [0.3, 0.4) is 0 Å². The predicted molar refractivity (Wildman–Crippen MR) is 280 cm³/mol. The fourth-order valence-corrected chi connectivity index (χ4v) is 10.9. The molecule has 4 heteroatoms. The van der Waals surface area contributed by atoms with Crippen molar-refractivity contribution in [3.05, 3.63) is 294 Å². The van der Waals surface area contributed by atoms with Crippen molar-refractivity contribution in [2.75, 3.05) is 4.90 Å². The van der Waals surface area contributed by atoms with Crippen LogP contribution >= 0.6 is 0 Å². The summed E-state index contributed by atoms with van der Waals surface area (Å²) in [7, 11) is 0. The monoisotopic (exact) mass is 868 g/mol. The van der Waals surface area contributed by atoms with Gasteiger partial charge in [0.25, 0.3) is 0 Å². The van der Waals surface area contributed by atoms with Crippen LogP contribution in [-0.4, -0.2) is 11.7 Å². The normalized spacial score (nSPS) is 15.0. The Morgan fingerprint density at radius 2 is 0.750 bits per heavy atom. The van der Waals surface area contributed by atoms with E-state index in [1.54, 1.807) is 0 Å². The third kappa shape index (κ3) is 6.37. The number of fused-ring (bicyclic) bond motifs is 9. The zero-order chi connectivity index (χ0) is 45.0. The highest BCUT2D eigenvalue weighted by Crippen LogP contribution is 2.63. The van der Waals surface area contributed by atoms with Gasteiger partial charge in [-0.25, -0.2) is 9.98 Å². The number of nitrogens with zero attached hydrogens (tertiary/aromatic N) is 3. The lowest BCUT2D eigenvalue weighted by Gasteiger charge is -2.45. The third-order valence-corrected chi connectivity index (χ3v) is 14.0. The van der Waals surface area contributed by atoms with Gasteiger partial charge in [0.2, 0.25) is 0 Å². The molecule has 1 unspecified atom stereocenters. The summed E-state index contributed by atoms with van der Waals surface area (Å²) in [6.07, 6.45) is -0.423. The molecule has 3 aliphatic rings. The zero-order valence-electron chi connectivity index (χ0n) is 37.2. The van der Waals surface area contributed by atoms with Gasteiger partial charge < -0.3 is 10.2 Å². The Bertz CT molecular complexity index is 3530. The Morgan fingerprint density at radius 3 is 1.38 bits per heavy atom. The molecule has 0 radical (unpaired) electrons. The van der Waals surface area contributed by atoms with Gasteiger partial charge in [0.1, 0.15) is 11.7 Å². The SMILES string of the molecule is c1ccc(C2=NC(c3ccc(-c4ccccc4-c4ccc5c(c4)C4(c6ccccc6-5)c5ccccc5N(c5ccccc5)c5ccccc54)cc3)N=C(c3ccc(-c4ccccc4)cc3)N2)cc1. The molecule has 0 saturated carbocycles. The standard InChI is InChI=1S/C64H44N4/c1-4-18-43(19-5-1)44-32-36-47(37-33-44)62-65-61(46-20-6-2-7-21-46)66-63(67-62)48-38-34-45(35-39-48)51-24-10-11-25-52(51)49-40-41-54-53-26-12-13-27-55(53)64(58(54)42-49)56-28-14-16-30-59(56)68(50-22-8-3-9-23-50)60-31-17-15-29-57(60)64/h1-42,63H,(H,65,66,67). The fraction of sp³-hybridized carbons (Fsp3) is 0.0312. The summed E-state index contributed by atoms with van der Waals surface area (Å²) in [6.45, 7) is 0. The molecule has 4 nitrogen and oxygen atoms in total. The van der Waals surface area contributed by atoms with Crippen molar-refractivity contribution in [3.8, 4) is 44.5 Å². The summed E-state index contributed by atoms with van der Waals surface area (Å²) in [6, 6.07) is 92.0. The fourth-order valence-electron chi connectivity index (χ4n) is 10.9. The maximum atomic E-state index is 5.23. The van der Waals surface area contributed by atoms with Gasteiger partial charge in [0.05, 0.1) is 16.8 Å². The van der Waals surface area contributed by atoms with E-state index in [0.29, 0.717) is 0 Å². The van der Waals surface area contributed by atoms with Crippen LogP contribution in [0.15, 0.2) is 265 Å². The van der Waals surface area contributed by atoms with E-state index in [2.05, 4.69) is 241 Å². The second kappa shape index (κ2) is 16.2. The topological polar surface area (TPSA) is 40.0 Å². The highest BCUT2D eigenvalue weighted by molar-refractivity contribution is 6.16. The van der Waals surface area contributed by atoms with Crippen molar-refractivity contribution in [1.29, 1.82) is 0 Å². The first-order valence-corrected chi connectivity index (χ1v) is 23.3. The minimum atomic E-state index is -0.533. The first kappa shape index (κ1) is 39.5. The zero-order valence-corrected chi connectivity index (χ0v) is 37.2. The van der Waals surface area contributed by atoms with Crippen LogP contribution in [-0.2, 0) is 5.41 Å². The van der Waals surface area contributed by atoms with Gasteiger partial charge >= 0.3 is 0 Å². The van der Waals surface area contributed by atoms with Crippen LogP contribution in [0.4, 0.5) is 17.1 Å². The number of amidine groups is 2. The van der Waals surface area contributed by atoms with Gasteiger partial charge in [-0.1, -0.05) is 224 Å². The quantitative estimate of drug-likeness (QED) is 0.173. The van der Waals surface area contributed by atoms with E-state index in [-0.39, 0.29) is 0 Å². The minimum absolute atomic E-state index is 0.423. The van der Waals surface area contributed by atoms with Gasteiger partial charge in [0, 0.05) is 16.8 Å². The summed E-state index contributed by atoms with van der Waals surface area (Å²) >= 11 is 0. The third-order valence-electron chi connectivity index (χ3n) is 14.0. The Hall–Kier alpha value is -8.86. The molecule has 68 heavy (non-hydrogen) atoms. The number of para-hydroxylation sites is 3. The number of rotatable bonds is 7. The van der Waals surface area contributed by atoms with Crippen LogP contribution in [0.2, 0.25) is 0 Å². The molecule has 0 amide bonds. The number of hydrogen-bond donors (Lipinski definition) is 1. The van der Waals surface area contributed by atoms with E-state index < -0.39 is 11.6 Å². The van der Waals surface area contributed by atoms with E-state index >= 15 is 0 Å². The number of hydrogen-bond acceptors (Lipinski definition) is 4. The molecule has 2 aliphatic heterocycles. The van der Waals surface area contributed by atoms with Crippen LogP contribution in [0, 0.1) is 0 Å². The van der Waals surface area contributed by atoms with Gasteiger partial charge in [0.15, 0.2) is 6.17 Å². The van der Waals surface area contributed by atoms with Gasteiger partial charge in [-0.05, 0) is 103 Å². The van der Waals surface area contributed by atoms with Crippen LogP contribution in [0.5, 0.6) is 0 Å². The molecule has 1 aliphatic carbocycles. The predicted octanol–water partition coefficient (Wildman–Crippen LogP) is 15.3. The van der Waals surface area contributed by atoms with Crippen molar-refractivity contribution >= 4 is 28.7 Å². The van der Waals surface area contributed by atoms with Gasteiger partial charge in [-0.15, -0.1) is 0 Å². The van der Waals surface area contributed by atoms with Crippen LogP contribution < -0.4 is 10.2 Å². The maximum Gasteiger partial charge on any atom is 0.169 e. The summed E-state index contributed by atoms with van der Waals surface area (Å²) in [4.78, 5) is 12.9. The highest BCUT2D eigenvalue weighted by atomic mass is 15.2. The molecule has 1 N–H and O–H groups in total. The lowest BCUT2D eigenvalue weighted by atomic mass is 9.64. The molecule has 10 aromatic carbocycles. The molecular weight excluding hydrogens is 825 g/mol. The molecule has 2 heterocycles. The Labute approximate surface area is 396 Å². The highest BCUT2D eigenvalue weighted by Gasteiger charge is 2.51. The number of nitrogens with one attached hydrogen (secondary N) is 1. The molecular formula is C64H44N4.